The molecule has 1 N–H and O–H groups in total. The highest BCUT2D eigenvalue weighted by Gasteiger charge is 2.13. The highest BCUT2D eigenvalue weighted by molar-refractivity contribution is 5.92. The van der Waals surface area contributed by atoms with Crippen LogP contribution in [0.4, 0.5) is 14.5 Å². The van der Waals surface area contributed by atoms with Gasteiger partial charge in [0.25, 0.3) is 11.8 Å². The maximum atomic E-state index is 13.6. The van der Waals surface area contributed by atoms with Gasteiger partial charge in [0.05, 0.1) is 7.11 Å². The van der Waals surface area contributed by atoms with Crippen LogP contribution in [0.15, 0.2) is 71.3 Å². The van der Waals surface area contributed by atoms with Crippen molar-refractivity contribution in [3.05, 3.63) is 78.4 Å². The number of halogens is 2. The van der Waals surface area contributed by atoms with Crippen molar-refractivity contribution in [2.24, 2.45) is 0 Å². The molecule has 0 bridgehead atoms. The van der Waals surface area contributed by atoms with Crippen LogP contribution < -0.4 is 14.8 Å². The normalized spacial score (nSPS) is 10.6. The average molecular weight is 437 g/mol. The van der Waals surface area contributed by atoms with Gasteiger partial charge in [0.1, 0.15) is 28.8 Å². The first-order valence-corrected chi connectivity index (χ1v) is 9.49. The molecule has 1 heterocycles. The molecule has 32 heavy (non-hydrogen) atoms. The minimum Gasteiger partial charge on any atom is -0.497 e. The van der Waals surface area contributed by atoms with Crippen LogP contribution >= 0.6 is 0 Å². The summed E-state index contributed by atoms with van der Waals surface area (Å²) in [5.41, 5.74) is 0.918. The van der Waals surface area contributed by atoms with Gasteiger partial charge in [-0.3, -0.25) is 4.79 Å². The lowest BCUT2D eigenvalue weighted by atomic mass is 10.2. The number of methoxy groups -OCH3 is 1. The van der Waals surface area contributed by atoms with Gasteiger partial charge in [0.15, 0.2) is 6.61 Å². The number of nitrogens with zero attached hydrogens (tertiary/aromatic N) is 2. The molecule has 1 aromatic heterocycles. The largest absolute Gasteiger partial charge is 0.497 e. The molecule has 162 valence electrons. The monoisotopic (exact) mass is 437 g/mol. The van der Waals surface area contributed by atoms with Crippen LogP contribution in [0.2, 0.25) is 0 Å². The number of benzene rings is 3. The summed E-state index contributed by atoms with van der Waals surface area (Å²) in [6, 6.07) is 17.2. The van der Waals surface area contributed by atoms with Crippen LogP contribution in [0.3, 0.4) is 0 Å². The highest BCUT2D eigenvalue weighted by atomic mass is 19.1. The zero-order valence-electron chi connectivity index (χ0n) is 16.8. The van der Waals surface area contributed by atoms with Crippen molar-refractivity contribution in [2.45, 2.75) is 0 Å². The van der Waals surface area contributed by atoms with Gasteiger partial charge in [-0.1, -0.05) is 11.2 Å². The Morgan fingerprint density at radius 1 is 0.938 bits per heavy atom. The lowest BCUT2D eigenvalue weighted by Crippen LogP contribution is -2.21. The van der Waals surface area contributed by atoms with E-state index < -0.39 is 29.8 Å². The first-order chi connectivity index (χ1) is 15.5. The van der Waals surface area contributed by atoms with E-state index in [1.807, 2.05) is 12.1 Å². The summed E-state index contributed by atoms with van der Waals surface area (Å²) in [5.74, 6) is -0.574. The maximum absolute atomic E-state index is 13.6. The van der Waals surface area contributed by atoms with Crippen LogP contribution in [0.5, 0.6) is 11.5 Å². The molecule has 0 radical (unpaired) electrons. The third kappa shape index (κ3) is 4.72. The Balaban J connectivity index is 1.37. The number of carbonyl (C=O) groups is 1. The van der Waals surface area contributed by atoms with Crippen LogP contribution in [-0.4, -0.2) is 29.8 Å². The number of amides is 1. The third-order valence-electron chi connectivity index (χ3n) is 4.47. The van der Waals surface area contributed by atoms with E-state index in [9.17, 15) is 13.6 Å². The summed E-state index contributed by atoms with van der Waals surface area (Å²) in [6.07, 6.45) is 0. The molecule has 0 spiro atoms. The quantitative estimate of drug-likeness (QED) is 0.451. The number of hydrogen-bond acceptors (Lipinski definition) is 6. The summed E-state index contributed by atoms with van der Waals surface area (Å²) in [6.45, 7) is -0.421. The van der Waals surface area contributed by atoms with Crippen molar-refractivity contribution in [1.29, 1.82) is 0 Å². The molecular formula is C23H17F2N3O4. The van der Waals surface area contributed by atoms with Crippen molar-refractivity contribution in [2.75, 3.05) is 19.0 Å². The van der Waals surface area contributed by atoms with Gasteiger partial charge in [0.2, 0.25) is 5.82 Å². The van der Waals surface area contributed by atoms with Gasteiger partial charge >= 0.3 is 0 Å². The Kier molecular flexibility index (Phi) is 6.07. The smallest absolute Gasteiger partial charge is 0.262 e. The summed E-state index contributed by atoms with van der Waals surface area (Å²) < 4.78 is 43.0. The van der Waals surface area contributed by atoms with Gasteiger partial charge in [-0.2, -0.15) is 4.98 Å². The standard InChI is InChI=1S/C23H17F2N3O4/c1-30-16-9-5-14(6-10-16)22-27-23(32-28-22)15-7-11-17(12-8-15)31-13-20(29)26-21-18(24)3-2-4-19(21)25/h2-12H,13H2,1H3,(H,26,29). The molecule has 0 aliphatic rings. The fourth-order valence-electron chi connectivity index (χ4n) is 2.83. The Morgan fingerprint density at radius 3 is 2.22 bits per heavy atom. The molecule has 1 amide bonds. The van der Waals surface area contributed by atoms with Crippen molar-refractivity contribution in [1.82, 2.24) is 10.1 Å². The Morgan fingerprint density at radius 2 is 1.56 bits per heavy atom. The SMILES string of the molecule is COc1ccc(-c2noc(-c3ccc(OCC(=O)Nc4c(F)cccc4F)cc3)n2)cc1. The topological polar surface area (TPSA) is 86.5 Å². The first-order valence-electron chi connectivity index (χ1n) is 9.49. The van der Waals surface area contributed by atoms with E-state index in [2.05, 4.69) is 15.5 Å². The summed E-state index contributed by atoms with van der Waals surface area (Å²) in [5, 5.41) is 6.14. The Labute approximate surface area is 181 Å². The first kappa shape index (κ1) is 21.0. The minimum absolute atomic E-state index is 0.315. The lowest BCUT2D eigenvalue weighted by molar-refractivity contribution is -0.118. The fraction of sp³-hybridized carbons (Fsp3) is 0.0870. The molecule has 0 aliphatic carbocycles. The lowest BCUT2D eigenvalue weighted by Gasteiger charge is -2.09. The van der Waals surface area contributed by atoms with Crippen LogP contribution in [0.25, 0.3) is 22.8 Å². The number of ether oxygens (including phenoxy) is 2. The van der Waals surface area contributed by atoms with Gasteiger partial charge in [-0.15, -0.1) is 0 Å². The summed E-state index contributed by atoms with van der Waals surface area (Å²) >= 11 is 0. The third-order valence-corrected chi connectivity index (χ3v) is 4.47. The van der Waals surface area contributed by atoms with E-state index in [1.165, 1.54) is 6.07 Å². The van der Waals surface area contributed by atoms with Gasteiger partial charge in [0, 0.05) is 11.1 Å². The average Bonchev–Trinajstić information content (AvgIpc) is 3.31. The molecule has 7 nitrogen and oxygen atoms in total. The van der Waals surface area contributed by atoms with Crippen molar-refractivity contribution in [3.63, 3.8) is 0 Å². The van der Waals surface area contributed by atoms with E-state index in [0.29, 0.717) is 23.0 Å². The molecule has 0 fully saturated rings. The van der Waals surface area contributed by atoms with Crippen molar-refractivity contribution in [3.8, 4) is 34.3 Å². The van der Waals surface area contributed by atoms with E-state index in [1.54, 1.807) is 43.5 Å². The predicted molar refractivity (Wildman–Crippen MR) is 112 cm³/mol. The molecule has 4 aromatic rings. The Bertz CT molecular complexity index is 1200. The van der Waals surface area contributed by atoms with E-state index in [0.717, 1.165) is 23.4 Å². The van der Waals surface area contributed by atoms with Crippen LogP contribution in [0.1, 0.15) is 0 Å². The zero-order valence-corrected chi connectivity index (χ0v) is 16.8. The second-order valence-corrected chi connectivity index (χ2v) is 6.61. The van der Waals surface area contributed by atoms with Gasteiger partial charge < -0.3 is 19.3 Å². The van der Waals surface area contributed by atoms with Crippen LogP contribution in [0, 0.1) is 11.6 Å². The molecule has 0 unspecified atom stereocenters. The number of aromatic nitrogens is 2. The van der Waals surface area contributed by atoms with E-state index in [4.69, 9.17) is 14.0 Å². The Hall–Kier alpha value is -4.27. The van der Waals surface area contributed by atoms with Gasteiger partial charge in [-0.25, -0.2) is 8.78 Å². The summed E-state index contributed by atoms with van der Waals surface area (Å²) in [4.78, 5) is 16.3. The zero-order chi connectivity index (χ0) is 22.5. The number of carbonyl (C=O) groups excluding carboxylic acids is 1. The second kappa shape index (κ2) is 9.25. The summed E-state index contributed by atoms with van der Waals surface area (Å²) in [7, 11) is 1.59. The number of hydrogen-bond donors (Lipinski definition) is 1. The molecule has 0 saturated heterocycles. The van der Waals surface area contributed by atoms with Crippen molar-refractivity contribution < 1.29 is 27.6 Å². The number of para-hydroxylation sites is 1. The molecule has 0 atom stereocenters. The van der Waals surface area contributed by atoms with E-state index >= 15 is 0 Å². The number of anilines is 1. The predicted octanol–water partition coefficient (Wildman–Crippen LogP) is 4.71. The molecule has 0 aliphatic heterocycles. The molecule has 3 aromatic carbocycles. The van der Waals surface area contributed by atoms with Crippen molar-refractivity contribution >= 4 is 11.6 Å². The number of rotatable bonds is 7. The molecule has 9 heteroatoms. The fourth-order valence-corrected chi connectivity index (χ4v) is 2.83. The number of nitrogens with one attached hydrogen (secondary N) is 1. The highest BCUT2D eigenvalue weighted by Crippen LogP contribution is 2.25. The van der Waals surface area contributed by atoms with Gasteiger partial charge in [-0.05, 0) is 60.7 Å². The van der Waals surface area contributed by atoms with E-state index in [-0.39, 0.29) is 0 Å². The minimum atomic E-state index is -0.865. The molecule has 0 saturated carbocycles. The molecule has 4 rings (SSSR count). The second-order valence-electron chi connectivity index (χ2n) is 6.61. The van der Waals surface area contributed by atoms with Crippen LogP contribution in [-0.2, 0) is 4.79 Å². The maximum Gasteiger partial charge on any atom is 0.262 e. The molecular weight excluding hydrogens is 420 g/mol.